The largest absolute Gasteiger partial charge is 0.504 e. The number of thioether (sulfide) groups is 1. The minimum atomic E-state index is -1.15. The Kier molecular flexibility index (Phi) is 4.92. The molecular formula is C13H16N2O5S. The van der Waals surface area contributed by atoms with Crippen LogP contribution in [0.1, 0.15) is 5.56 Å². The number of carboxylic acid groups (broad SMARTS) is 1. The van der Waals surface area contributed by atoms with Crippen molar-refractivity contribution in [3.8, 4) is 11.5 Å². The van der Waals surface area contributed by atoms with Gasteiger partial charge in [-0.05, 0) is 17.7 Å². The van der Waals surface area contributed by atoms with Crippen molar-refractivity contribution in [3.05, 3.63) is 23.8 Å². The summed E-state index contributed by atoms with van der Waals surface area (Å²) in [5.41, 5.74) is 0.506. The second-order valence-electron chi connectivity index (χ2n) is 4.70. The van der Waals surface area contributed by atoms with E-state index in [1.807, 2.05) is 0 Å². The Morgan fingerprint density at radius 2 is 2.14 bits per heavy atom. The quantitative estimate of drug-likeness (QED) is 0.481. The highest BCUT2D eigenvalue weighted by molar-refractivity contribution is 7.99. The summed E-state index contributed by atoms with van der Waals surface area (Å²) in [5.74, 6) is -0.824. The Bertz CT molecular complexity index is 545. The third-order valence-electron chi connectivity index (χ3n) is 3.13. The van der Waals surface area contributed by atoms with E-state index in [0.29, 0.717) is 17.2 Å². The van der Waals surface area contributed by atoms with Gasteiger partial charge in [-0.3, -0.25) is 10.1 Å². The Labute approximate surface area is 125 Å². The van der Waals surface area contributed by atoms with Gasteiger partial charge in [0.2, 0.25) is 5.91 Å². The summed E-state index contributed by atoms with van der Waals surface area (Å²) in [6.07, 6.45) is 0.0226. The van der Waals surface area contributed by atoms with Crippen molar-refractivity contribution in [3.63, 3.8) is 0 Å². The fourth-order valence-electron chi connectivity index (χ4n) is 1.97. The number of carbonyl (C=O) groups excluding carboxylic acids is 1. The van der Waals surface area contributed by atoms with Crippen LogP contribution in [0.3, 0.4) is 0 Å². The first kappa shape index (κ1) is 15.5. The molecule has 1 aromatic carbocycles. The first-order valence-electron chi connectivity index (χ1n) is 6.32. The maximum Gasteiger partial charge on any atom is 0.326 e. The summed E-state index contributed by atoms with van der Waals surface area (Å²) in [6, 6.07) is 2.58. The van der Waals surface area contributed by atoms with E-state index in [1.165, 1.54) is 18.2 Å². The van der Waals surface area contributed by atoms with Crippen molar-refractivity contribution in [1.29, 1.82) is 0 Å². The number of amides is 1. The first-order valence-corrected chi connectivity index (χ1v) is 7.48. The van der Waals surface area contributed by atoms with Gasteiger partial charge in [0.15, 0.2) is 11.5 Å². The van der Waals surface area contributed by atoms with Crippen molar-refractivity contribution in [2.75, 3.05) is 11.6 Å². The predicted molar refractivity (Wildman–Crippen MR) is 77.3 cm³/mol. The highest BCUT2D eigenvalue weighted by Crippen LogP contribution is 2.25. The van der Waals surface area contributed by atoms with Crippen LogP contribution in [-0.4, -0.2) is 50.9 Å². The van der Waals surface area contributed by atoms with Crippen LogP contribution in [0.5, 0.6) is 11.5 Å². The Morgan fingerprint density at radius 1 is 1.38 bits per heavy atom. The van der Waals surface area contributed by atoms with Gasteiger partial charge in [-0.15, -0.1) is 11.8 Å². The predicted octanol–water partition coefficient (Wildman–Crippen LogP) is -0.128. The van der Waals surface area contributed by atoms with Crippen molar-refractivity contribution >= 4 is 23.6 Å². The van der Waals surface area contributed by atoms with E-state index in [2.05, 4.69) is 10.6 Å². The van der Waals surface area contributed by atoms with Crippen LogP contribution in [0, 0.1) is 0 Å². The Morgan fingerprint density at radius 3 is 2.71 bits per heavy atom. The zero-order valence-electron chi connectivity index (χ0n) is 11.1. The van der Waals surface area contributed by atoms with Gasteiger partial charge in [0.1, 0.15) is 6.04 Å². The molecule has 0 spiro atoms. The van der Waals surface area contributed by atoms with E-state index < -0.39 is 12.0 Å². The number of carbonyl (C=O) groups is 2. The molecule has 1 amide bonds. The van der Waals surface area contributed by atoms with E-state index in [1.54, 1.807) is 11.8 Å². The molecule has 114 valence electrons. The van der Waals surface area contributed by atoms with Crippen LogP contribution in [0.15, 0.2) is 18.2 Å². The maximum absolute atomic E-state index is 11.9. The zero-order chi connectivity index (χ0) is 15.4. The van der Waals surface area contributed by atoms with Crippen LogP contribution in [0.2, 0.25) is 0 Å². The lowest BCUT2D eigenvalue weighted by Gasteiger charge is -2.17. The molecule has 0 saturated carbocycles. The van der Waals surface area contributed by atoms with E-state index in [-0.39, 0.29) is 29.9 Å². The molecule has 21 heavy (non-hydrogen) atoms. The van der Waals surface area contributed by atoms with E-state index in [4.69, 9.17) is 0 Å². The molecule has 1 aliphatic rings. The number of carboxylic acids is 1. The topological polar surface area (TPSA) is 119 Å². The summed E-state index contributed by atoms with van der Waals surface area (Å²) >= 11 is 1.57. The average molecular weight is 312 g/mol. The third-order valence-corrected chi connectivity index (χ3v) is 4.07. The van der Waals surface area contributed by atoms with E-state index in [0.717, 1.165) is 0 Å². The number of aromatic hydroxyl groups is 2. The van der Waals surface area contributed by atoms with Gasteiger partial charge in [0.05, 0.1) is 6.04 Å². The normalized spacial score (nSPS) is 19.1. The molecule has 8 heteroatoms. The Balaban J connectivity index is 2.03. The molecule has 1 fully saturated rings. The molecule has 1 heterocycles. The average Bonchev–Trinajstić information content (AvgIpc) is 2.96. The molecule has 0 aliphatic carbocycles. The van der Waals surface area contributed by atoms with Crippen molar-refractivity contribution < 1.29 is 24.9 Å². The number of phenols is 2. The molecule has 7 nitrogen and oxygen atoms in total. The number of rotatable bonds is 5. The number of phenolic OH excluding ortho intramolecular Hbond substituents is 2. The van der Waals surface area contributed by atoms with Crippen molar-refractivity contribution in [2.24, 2.45) is 0 Å². The molecule has 1 saturated heterocycles. The van der Waals surface area contributed by atoms with Crippen LogP contribution >= 0.6 is 11.8 Å². The lowest BCUT2D eigenvalue weighted by molar-refractivity contribution is -0.142. The standard InChI is InChI=1S/C13H16N2O5S/c16-10-2-1-7(4-11(10)17)3-8(13(19)20)15-12(18)9-5-21-6-14-9/h1-2,4,8-9,14,16-17H,3,5-6H2,(H,15,18)(H,19,20)/t8-,9?/m0/s1. The maximum atomic E-state index is 11.9. The molecule has 0 radical (unpaired) electrons. The zero-order valence-corrected chi connectivity index (χ0v) is 11.9. The first-order chi connectivity index (χ1) is 9.97. The van der Waals surface area contributed by atoms with Crippen LogP contribution in [0.25, 0.3) is 0 Å². The number of nitrogens with one attached hydrogen (secondary N) is 2. The second-order valence-corrected chi connectivity index (χ2v) is 5.73. The fourth-order valence-corrected chi connectivity index (χ4v) is 2.91. The summed E-state index contributed by atoms with van der Waals surface area (Å²) < 4.78 is 0. The summed E-state index contributed by atoms with van der Waals surface area (Å²) in [5, 5.41) is 33.3. The van der Waals surface area contributed by atoms with E-state index >= 15 is 0 Å². The monoisotopic (exact) mass is 312 g/mol. The molecular weight excluding hydrogens is 296 g/mol. The molecule has 2 rings (SSSR count). The number of benzene rings is 1. The lowest BCUT2D eigenvalue weighted by Crippen LogP contribution is -2.50. The summed E-state index contributed by atoms with van der Waals surface area (Å²) in [7, 11) is 0. The van der Waals surface area contributed by atoms with Gasteiger partial charge in [-0.1, -0.05) is 6.07 Å². The minimum Gasteiger partial charge on any atom is -0.504 e. The molecule has 1 aromatic rings. The molecule has 1 aliphatic heterocycles. The van der Waals surface area contributed by atoms with Gasteiger partial charge in [0.25, 0.3) is 0 Å². The molecule has 5 N–H and O–H groups in total. The SMILES string of the molecule is O=C(N[C@@H](Cc1ccc(O)c(O)c1)C(=O)O)C1CSCN1. The second kappa shape index (κ2) is 6.68. The molecule has 1 unspecified atom stereocenters. The van der Waals surface area contributed by atoms with Gasteiger partial charge in [0, 0.05) is 18.1 Å². The van der Waals surface area contributed by atoms with Crippen molar-refractivity contribution in [2.45, 2.75) is 18.5 Å². The lowest BCUT2D eigenvalue weighted by atomic mass is 10.0. The summed E-state index contributed by atoms with van der Waals surface area (Å²) in [6.45, 7) is 0. The van der Waals surface area contributed by atoms with Gasteiger partial charge < -0.3 is 20.6 Å². The number of hydrogen-bond acceptors (Lipinski definition) is 6. The molecule has 0 bridgehead atoms. The van der Waals surface area contributed by atoms with E-state index in [9.17, 15) is 24.9 Å². The number of hydrogen-bond donors (Lipinski definition) is 5. The van der Waals surface area contributed by atoms with Gasteiger partial charge in [-0.25, -0.2) is 4.79 Å². The summed E-state index contributed by atoms with van der Waals surface area (Å²) in [4.78, 5) is 23.2. The number of aliphatic carboxylic acids is 1. The Hall–Kier alpha value is -1.93. The third kappa shape index (κ3) is 4.02. The molecule has 2 atom stereocenters. The van der Waals surface area contributed by atoms with Crippen molar-refractivity contribution in [1.82, 2.24) is 10.6 Å². The minimum absolute atomic E-state index is 0.0226. The highest BCUT2D eigenvalue weighted by Gasteiger charge is 2.27. The van der Waals surface area contributed by atoms with Gasteiger partial charge >= 0.3 is 5.97 Å². The van der Waals surface area contributed by atoms with Gasteiger partial charge in [-0.2, -0.15) is 0 Å². The van der Waals surface area contributed by atoms with Crippen LogP contribution in [0.4, 0.5) is 0 Å². The molecule has 0 aromatic heterocycles. The van der Waals surface area contributed by atoms with Crippen LogP contribution < -0.4 is 10.6 Å². The fraction of sp³-hybridized carbons (Fsp3) is 0.385. The smallest absolute Gasteiger partial charge is 0.326 e. The van der Waals surface area contributed by atoms with Crippen LogP contribution in [-0.2, 0) is 16.0 Å². The highest BCUT2D eigenvalue weighted by atomic mass is 32.2.